The quantitative estimate of drug-likeness (QED) is 0.161. The fourth-order valence-electron chi connectivity index (χ4n) is 8.80. The predicted molar refractivity (Wildman–Crippen MR) is 223 cm³/mol. The maximum absolute atomic E-state index is 13.2. The van der Waals surface area contributed by atoms with Crippen LogP contribution in [0.25, 0.3) is 11.3 Å². The summed E-state index contributed by atoms with van der Waals surface area (Å²) in [6.45, 7) is 8.46. The summed E-state index contributed by atoms with van der Waals surface area (Å²) in [5.74, 6) is 14.5. The van der Waals surface area contributed by atoms with Gasteiger partial charge in [0.25, 0.3) is 5.91 Å². The number of amides is 3. The number of nitriles is 1. The Balaban J connectivity index is 0.770. The van der Waals surface area contributed by atoms with Crippen LogP contribution in [0.3, 0.4) is 0 Å². The highest BCUT2D eigenvalue weighted by Gasteiger charge is 2.39. The van der Waals surface area contributed by atoms with Crippen LogP contribution >= 0.6 is 11.6 Å². The van der Waals surface area contributed by atoms with Crippen molar-refractivity contribution >= 4 is 29.3 Å². The van der Waals surface area contributed by atoms with Crippen molar-refractivity contribution in [1.82, 2.24) is 24.9 Å². The Morgan fingerprint density at radius 3 is 2.26 bits per heavy atom. The normalized spacial score (nSPS) is 21.0. The van der Waals surface area contributed by atoms with Crippen LogP contribution < -0.4 is 5.32 Å². The molecule has 1 saturated carbocycles. The minimum Gasteiger partial charge on any atom is -0.322 e. The fraction of sp³-hybridized carbons (Fsp3) is 0.396. The highest BCUT2D eigenvalue weighted by atomic mass is 35.5. The second-order valence-corrected chi connectivity index (χ2v) is 16.7. The van der Waals surface area contributed by atoms with Crippen molar-refractivity contribution in [2.45, 2.75) is 84.3 Å². The van der Waals surface area contributed by atoms with Gasteiger partial charge in [0.15, 0.2) is 0 Å². The van der Waals surface area contributed by atoms with E-state index in [2.05, 4.69) is 78.1 Å². The maximum atomic E-state index is 13.2. The summed E-state index contributed by atoms with van der Waals surface area (Å²) in [5, 5.41) is 16.9. The molecule has 0 bridgehead atoms. The van der Waals surface area contributed by atoms with Gasteiger partial charge in [-0.3, -0.25) is 24.4 Å². The van der Waals surface area contributed by atoms with E-state index in [1.165, 1.54) is 12.8 Å². The Bertz CT molecular complexity index is 2420. The zero-order valence-electron chi connectivity index (χ0n) is 33.1. The summed E-state index contributed by atoms with van der Waals surface area (Å²) in [6.07, 6.45) is 7.45. The summed E-state index contributed by atoms with van der Waals surface area (Å²) >= 11 is 6.31. The summed E-state index contributed by atoms with van der Waals surface area (Å²) in [6, 6.07) is 21.3. The molecule has 4 aromatic rings. The number of likely N-dealkylation sites (tertiary alicyclic amines) is 1. The van der Waals surface area contributed by atoms with E-state index in [4.69, 9.17) is 16.7 Å². The number of aromatic nitrogens is 2. The largest absolute Gasteiger partial charge is 0.322 e. The second-order valence-electron chi connectivity index (χ2n) is 16.3. The van der Waals surface area contributed by atoms with E-state index in [-0.39, 0.29) is 18.2 Å². The number of piperidine rings is 2. The van der Waals surface area contributed by atoms with Gasteiger partial charge in [0.1, 0.15) is 12.1 Å². The first-order valence-electron chi connectivity index (χ1n) is 20.5. The number of imide groups is 1. The molecule has 9 nitrogen and oxygen atoms in total. The first-order valence-corrected chi connectivity index (χ1v) is 20.9. The van der Waals surface area contributed by atoms with Crippen molar-refractivity contribution in [3.63, 3.8) is 0 Å². The minimum atomic E-state index is -0.605. The average molecular weight is 791 g/mol. The highest BCUT2D eigenvalue weighted by Crippen LogP contribution is 2.32. The SMILES string of the molecule is Cc1c(-c2ccc(C#N)c(Cl)c2)nn(Cc2ccc(C#C[C@H]3CC[C@H](CN4CCC(C#Cc5ccc6c(c5)C(=O)N(C5CCC(=O)NC5=O)C6)CC4)CC3)cc2)c1C. The van der Waals surface area contributed by atoms with Crippen molar-refractivity contribution in [3.05, 3.63) is 110 Å². The third kappa shape index (κ3) is 8.60. The van der Waals surface area contributed by atoms with E-state index in [9.17, 15) is 19.6 Å². The lowest BCUT2D eigenvalue weighted by Crippen LogP contribution is -2.52. The number of carbonyl (C=O) groups is 3. The summed E-state index contributed by atoms with van der Waals surface area (Å²) in [4.78, 5) is 41.4. The monoisotopic (exact) mass is 790 g/mol. The molecule has 2 saturated heterocycles. The smallest absolute Gasteiger partial charge is 0.255 e. The van der Waals surface area contributed by atoms with Crippen LogP contribution in [0.4, 0.5) is 0 Å². The molecular formula is C48H47ClN6O3. The van der Waals surface area contributed by atoms with Gasteiger partial charge in [0, 0.05) is 59.3 Å². The van der Waals surface area contributed by atoms with Crippen molar-refractivity contribution in [1.29, 1.82) is 5.26 Å². The van der Waals surface area contributed by atoms with Crippen LogP contribution in [0.2, 0.25) is 5.02 Å². The van der Waals surface area contributed by atoms with E-state index in [1.807, 2.05) is 35.0 Å². The first kappa shape index (κ1) is 39.2. The lowest BCUT2D eigenvalue weighted by atomic mass is 9.81. The molecule has 1 aromatic heterocycles. The molecule has 1 N–H and O–H groups in total. The number of benzene rings is 3. The fourth-order valence-corrected chi connectivity index (χ4v) is 9.02. The topological polar surface area (TPSA) is 111 Å². The van der Waals surface area contributed by atoms with Crippen molar-refractivity contribution < 1.29 is 14.4 Å². The van der Waals surface area contributed by atoms with E-state index >= 15 is 0 Å². The molecule has 0 radical (unpaired) electrons. The van der Waals surface area contributed by atoms with Gasteiger partial charge in [-0.05, 0) is 131 Å². The van der Waals surface area contributed by atoms with E-state index in [1.54, 1.807) is 11.0 Å². The highest BCUT2D eigenvalue weighted by molar-refractivity contribution is 6.32. The van der Waals surface area contributed by atoms with Gasteiger partial charge in [-0.15, -0.1) is 0 Å². The van der Waals surface area contributed by atoms with E-state index in [0.717, 1.165) is 90.1 Å². The average Bonchev–Trinajstić information content (AvgIpc) is 3.71. The third-order valence-corrected chi connectivity index (χ3v) is 12.8. The molecule has 1 aliphatic carbocycles. The molecule has 3 fully saturated rings. The van der Waals surface area contributed by atoms with E-state index < -0.39 is 11.9 Å². The molecule has 3 amide bonds. The summed E-state index contributed by atoms with van der Waals surface area (Å²) in [5.41, 5.74) is 8.98. The van der Waals surface area contributed by atoms with Crippen molar-refractivity contribution in [3.8, 4) is 41.0 Å². The molecule has 3 aliphatic heterocycles. The molecule has 294 valence electrons. The Morgan fingerprint density at radius 1 is 0.845 bits per heavy atom. The van der Waals surface area contributed by atoms with Gasteiger partial charge >= 0.3 is 0 Å². The number of nitrogens with one attached hydrogen (secondary N) is 1. The molecule has 1 atom stereocenters. The van der Waals surface area contributed by atoms with Crippen molar-refractivity contribution in [2.75, 3.05) is 19.6 Å². The second kappa shape index (κ2) is 17.1. The molecule has 8 rings (SSSR count). The number of fused-ring (bicyclic) bond motifs is 1. The standard InChI is InChI=1S/C48H47ClN6O3/c1-31-32(2)55(52-46(31)39-17-18-40(27-50)43(49)26-39)29-38-13-8-34(9-14-38)4-3-33-6-11-37(12-7-33)28-53-23-21-35(22-24-53)5-10-36-15-16-41-30-54(48(58)42(41)25-36)44-19-20-45(56)51-47(44)57/h8-9,13-18,25-26,33,35,37,44H,6-7,11-12,19-24,28-30H2,1-2H3,(H,51,56,57)/t33-,37-,44?. The van der Waals surface area contributed by atoms with E-state index in [0.29, 0.717) is 53.4 Å². The maximum Gasteiger partial charge on any atom is 0.255 e. The van der Waals surface area contributed by atoms with Crippen LogP contribution in [0.15, 0.2) is 60.7 Å². The number of hydrogen-bond acceptors (Lipinski definition) is 6. The van der Waals surface area contributed by atoms with Crippen LogP contribution in [0.5, 0.6) is 0 Å². The van der Waals surface area contributed by atoms with Gasteiger partial charge in [-0.1, -0.05) is 59.5 Å². The number of hydrogen-bond donors (Lipinski definition) is 1. The Kier molecular flexibility index (Phi) is 11.5. The van der Waals surface area contributed by atoms with Gasteiger partial charge in [0.05, 0.1) is 22.8 Å². The van der Waals surface area contributed by atoms with Gasteiger partial charge < -0.3 is 9.80 Å². The molecule has 58 heavy (non-hydrogen) atoms. The third-order valence-electron chi connectivity index (χ3n) is 12.5. The molecule has 4 aliphatic rings. The van der Waals surface area contributed by atoms with Crippen LogP contribution in [-0.2, 0) is 22.7 Å². The molecular weight excluding hydrogens is 744 g/mol. The number of halogens is 1. The number of rotatable bonds is 6. The molecule has 4 heterocycles. The lowest BCUT2D eigenvalue weighted by Gasteiger charge is -2.35. The predicted octanol–water partition coefficient (Wildman–Crippen LogP) is 7.42. The van der Waals surface area contributed by atoms with Gasteiger partial charge in [-0.25, -0.2) is 0 Å². The summed E-state index contributed by atoms with van der Waals surface area (Å²) in [7, 11) is 0. The van der Waals surface area contributed by atoms with Gasteiger partial charge in [0.2, 0.25) is 11.8 Å². The van der Waals surface area contributed by atoms with Crippen molar-refractivity contribution in [2.24, 2.45) is 17.8 Å². The molecule has 10 heteroatoms. The van der Waals surface area contributed by atoms with Crippen LogP contribution in [0.1, 0.15) is 101 Å². The Labute approximate surface area is 345 Å². The van der Waals surface area contributed by atoms with Crippen LogP contribution in [0, 0.1) is 66.6 Å². The van der Waals surface area contributed by atoms with Gasteiger partial charge in [-0.2, -0.15) is 10.4 Å². The number of nitrogens with zero attached hydrogens (tertiary/aromatic N) is 5. The lowest BCUT2D eigenvalue weighted by molar-refractivity contribution is -0.136. The van der Waals surface area contributed by atoms with Crippen LogP contribution in [-0.4, -0.2) is 63.0 Å². The number of carbonyl (C=O) groups excluding carboxylic acids is 3. The Hall–Kier alpha value is -5.66. The molecule has 1 unspecified atom stereocenters. The molecule has 3 aromatic carbocycles. The molecule has 0 spiro atoms. The Morgan fingerprint density at radius 2 is 1.55 bits per heavy atom. The summed E-state index contributed by atoms with van der Waals surface area (Å²) < 4.78 is 2.02. The first-order chi connectivity index (χ1) is 28.1. The zero-order valence-corrected chi connectivity index (χ0v) is 33.9. The minimum absolute atomic E-state index is 0.162. The zero-order chi connectivity index (χ0) is 40.3.